The van der Waals surface area contributed by atoms with E-state index in [-0.39, 0.29) is 32.1 Å². The lowest BCUT2D eigenvalue weighted by Gasteiger charge is -2.15. The van der Waals surface area contributed by atoms with Gasteiger partial charge in [0, 0.05) is 21.2 Å². The van der Waals surface area contributed by atoms with Gasteiger partial charge >= 0.3 is 0 Å². The third-order valence-electron chi connectivity index (χ3n) is 5.38. The number of nitrogens with zero attached hydrogens (tertiary/aromatic N) is 3. The second kappa shape index (κ2) is 12.0. The molecule has 0 radical (unpaired) electrons. The largest absolute Gasteiger partial charge is 0.493 e. The van der Waals surface area contributed by atoms with Crippen LogP contribution in [0, 0.1) is 11.5 Å². The van der Waals surface area contributed by atoms with E-state index in [1.54, 1.807) is 36.4 Å². The van der Waals surface area contributed by atoms with Gasteiger partial charge in [0.1, 0.15) is 4.90 Å². The highest BCUT2D eigenvalue weighted by atomic mass is 35.5. The van der Waals surface area contributed by atoms with E-state index in [1.165, 1.54) is 51.4 Å². The lowest BCUT2D eigenvalue weighted by atomic mass is 10.2. The Morgan fingerprint density at radius 1 is 1.03 bits per heavy atom. The maximum absolute atomic E-state index is 13.0. The molecule has 0 aliphatic heterocycles. The zero-order valence-electron chi connectivity index (χ0n) is 20.7. The zero-order valence-corrected chi connectivity index (χ0v) is 23.8. The number of nitrogens with one attached hydrogen (secondary N) is 1. The summed E-state index contributed by atoms with van der Waals surface area (Å²) in [5, 5.41) is 13.7. The van der Waals surface area contributed by atoms with Crippen LogP contribution < -0.4 is 18.9 Å². The van der Waals surface area contributed by atoms with Crippen LogP contribution in [0.2, 0.25) is 10.0 Å². The average molecular weight is 607 g/mol. The Balaban J connectivity index is 1.73. The number of aromatic nitrogens is 2. The molecule has 3 aromatic carbocycles. The van der Waals surface area contributed by atoms with Crippen LogP contribution in [0.4, 0.5) is 0 Å². The monoisotopic (exact) mass is 606 g/mol. The van der Waals surface area contributed by atoms with Crippen LogP contribution >= 0.6 is 35.0 Å². The van der Waals surface area contributed by atoms with Gasteiger partial charge in [0.05, 0.1) is 31.9 Å². The summed E-state index contributed by atoms with van der Waals surface area (Å²) in [5.74, 6) is 1.90. The van der Waals surface area contributed by atoms with Crippen LogP contribution in [0.5, 0.6) is 17.2 Å². The number of hydrogen-bond donors (Lipinski definition) is 1. The molecule has 4 aromatic rings. The van der Waals surface area contributed by atoms with Gasteiger partial charge in [-0.25, -0.2) is 13.1 Å². The SMILES string of the molecule is COc1cc(CSc2cc(Cl)c(-c3nc(-c4ccc(Cl)cc4)no3)cc2S(=O)(=O)NC#N)cc(OC)c1OC. The predicted octanol–water partition coefficient (Wildman–Crippen LogP) is 5.79. The van der Waals surface area contributed by atoms with E-state index >= 15 is 0 Å². The first-order chi connectivity index (χ1) is 18.7. The molecule has 1 heterocycles. The molecule has 0 amide bonds. The van der Waals surface area contributed by atoms with E-state index in [0.29, 0.717) is 33.6 Å². The van der Waals surface area contributed by atoms with E-state index in [4.69, 9.17) is 47.2 Å². The zero-order chi connectivity index (χ0) is 28.2. The van der Waals surface area contributed by atoms with Crippen molar-refractivity contribution in [2.24, 2.45) is 0 Å². The molecule has 0 atom stereocenters. The van der Waals surface area contributed by atoms with Crippen molar-refractivity contribution in [3.8, 4) is 46.3 Å². The van der Waals surface area contributed by atoms with Gasteiger partial charge in [-0.2, -0.15) is 10.2 Å². The first-order valence-electron chi connectivity index (χ1n) is 11.0. The number of thioether (sulfide) groups is 1. The second-order valence-corrected chi connectivity index (χ2v) is 11.3. The van der Waals surface area contributed by atoms with Crippen LogP contribution in [-0.2, 0) is 15.8 Å². The van der Waals surface area contributed by atoms with Gasteiger partial charge in [0.25, 0.3) is 15.9 Å². The number of methoxy groups -OCH3 is 3. The molecule has 0 spiro atoms. The summed E-state index contributed by atoms with van der Waals surface area (Å²) >= 11 is 13.7. The van der Waals surface area contributed by atoms with Gasteiger partial charge in [0.2, 0.25) is 11.6 Å². The molecule has 0 bridgehead atoms. The number of hydrogen-bond acceptors (Lipinski definition) is 10. The van der Waals surface area contributed by atoms with Crippen LogP contribution in [0.1, 0.15) is 5.56 Å². The number of halogens is 2. The van der Waals surface area contributed by atoms with Gasteiger partial charge < -0.3 is 18.7 Å². The van der Waals surface area contributed by atoms with E-state index in [0.717, 1.165) is 5.56 Å². The number of rotatable bonds is 10. The molecule has 202 valence electrons. The normalized spacial score (nSPS) is 11.1. The highest BCUT2D eigenvalue weighted by Crippen LogP contribution is 2.42. The molecule has 0 fully saturated rings. The van der Waals surface area contributed by atoms with E-state index in [2.05, 4.69) is 10.1 Å². The standard InChI is InChI=1S/C25H20Cl2N4O6S2/c1-34-19-8-14(9-20(35-2)23(19)36-3)12-38-21-11-18(27)17(10-22(21)39(32,33)29-13-28)25-30-24(31-37-25)15-4-6-16(26)7-5-15/h4-11,29H,12H2,1-3H3. The quantitative estimate of drug-likeness (QED) is 0.134. The Hall–Kier alpha value is -3.63. The van der Waals surface area contributed by atoms with Crippen LogP contribution in [0.15, 0.2) is 62.8 Å². The molecule has 1 aromatic heterocycles. The molecule has 4 rings (SSSR count). The maximum Gasteiger partial charge on any atom is 0.271 e. The predicted molar refractivity (Wildman–Crippen MR) is 147 cm³/mol. The third-order valence-corrected chi connectivity index (χ3v) is 8.48. The Bertz CT molecular complexity index is 1630. The van der Waals surface area contributed by atoms with Crippen molar-refractivity contribution in [1.29, 1.82) is 5.26 Å². The van der Waals surface area contributed by atoms with Crippen molar-refractivity contribution in [3.63, 3.8) is 0 Å². The van der Waals surface area contributed by atoms with Crippen molar-refractivity contribution in [2.75, 3.05) is 21.3 Å². The van der Waals surface area contributed by atoms with Crippen LogP contribution in [-0.4, -0.2) is 39.9 Å². The van der Waals surface area contributed by atoms with Crippen molar-refractivity contribution < 1.29 is 27.2 Å². The van der Waals surface area contributed by atoms with E-state index in [9.17, 15) is 8.42 Å². The summed E-state index contributed by atoms with van der Waals surface area (Å²) in [6, 6.07) is 13.1. The number of ether oxygens (including phenoxy) is 3. The number of nitriles is 1. The third kappa shape index (κ3) is 6.17. The Morgan fingerprint density at radius 2 is 1.69 bits per heavy atom. The minimum atomic E-state index is -4.24. The Morgan fingerprint density at radius 3 is 2.28 bits per heavy atom. The molecule has 10 nitrogen and oxygen atoms in total. The number of benzene rings is 3. The summed E-state index contributed by atoms with van der Waals surface area (Å²) in [7, 11) is 0.258. The first kappa shape index (κ1) is 28.4. The summed E-state index contributed by atoms with van der Waals surface area (Å²) in [6.07, 6.45) is 1.46. The summed E-state index contributed by atoms with van der Waals surface area (Å²) < 4.78 is 49.3. The molecule has 1 N–H and O–H groups in total. The second-order valence-electron chi connectivity index (χ2n) is 7.75. The van der Waals surface area contributed by atoms with Gasteiger partial charge in [-0.1, -0.05) is 28.4 Å². The fraction of sp³-hybridized carbons (Fsp3) is 0.160. The molecular formula is C25H20Cl2N4O6S2. The molecule has 0 saturated heterocycles. The lowest BCUT2D eigenvalue weighted by molar-refractivity contribution is 0.324. The van der Waals surface area contributed by atoms with Crippen molar-refractivity contribution in [3.05, 3.63) is 64.1 Å². The van der Waals surface area contributed by atoms with Crippen LogP contribution in [0.3, 0.4) is 0 Å². The summed E-state index contributed by atoms with van der Waals surface area (Å²) in [6.45, 7) is 0. The Kier molecular flexibility index (Phi) is 8.76. The van der Waals surface area contributed by atoms with Gasteiger partial charge in [-0.15, -0.1) is 11.8 Å². The number of sulfonamides is 1. The minimum absolute atomic E-state index is 0.000431. The van der Waals surface area contributed by atoms with E-state index < -0.39 is 10.0 Å². The first-order valence-corrected chi connectivity index (χ1v) is 14.2. The molecule has 0 saturated carbocycles. The highest BCUT2D eigenvalue weighted by Gasteiger charge is 2.24. The van der Waals surface area contributed by atoms with Crippen molar-refractivity contribution >= 4 is 45.0 Å². The van der Waals surface area contributed by atoms with Gasteiger partial charge in [-0.05, 0) is 54.1 Å². The molecule has 39 heavy (non-hydrogen) atoms. The highest BCUT2D eigenvalue weighted by molar-refractivity contribution is 7.99. The topological polar surface area (TPSA) is 137 Å². The van der Waals surface area contributed by atoms with Crippen LogP contribution in [0.25, 0.3) is 22.8 Å². The summed E-state index contributed by atoms with van der Waals surface area (Å²) in [5.41, 5.74) is 1.58. The minimum Gasteiger partial charge on any atom is -0.493 e. The summed E-state index contributed by atoms with van der Waals surface area (Å²) in [4.78, 5) is 4.46. The average Bonchev–Trinajstić information content (AvgIpc) is 3.41. The Labute approximate surface area is 238 Å². The van der Waals surface area contributed by atoms with Gasteiger partial charge in [0.15, 0.2) is 17.7 Å². The fourth-order valence-corrected chi connectivity index (χ4v) is 6.23. The molecule has 0 aliphatic rings. The smallest absolute Gasteiger partial charge is 0.271 e. The van der Waals surface area contributed by atoms with E-state index in [1.807, 2.05) is 4.72 Å². The lowest BCUT2D eigenvalue weighted by Crippen LogP contribution is -2.19. The molecular weight excluding hydrogens is 587 g/mol. The van der Waals surface area contributed by atoms with Gasteiger partial charge in [-0.3, -0.25) is 0 Å². The molecule has 14 heteroatoms. The molecule has 0 aliphatic carbocycles. The maximum atomic E-state index is 13.0. The molecule has 0 unspecified atom stereocenters. The fourth-order valence-electron chi connectivity index (χ4n) is 3.57. The van der Waals surface area contributed by atoms with Crippen molar-refractivity contribution in [2.45, 2.75) is 15.5 Å². The van der Waals surface area contributed by atoms with Crippen molar-refractivity contribution in [1.82, 2.24) is 14.9 Å².